The second-order valence-corrected chi connectivity index (χ2v) is 13.3. The van der Waals surface area contributed by atoms with Crippen molar-refractivity contribution in [1.29, 1.82) is 0 Å². The van der Waals surface area contributed by atoms with Crippen LogP contribution in [0.1, 0.15) is 86.8 Å². The molecule has 0 saturated carbocycles. The molecule has 0 aliphatic carbocycles. The summed E-state index contributed by atoms with van der Waals surface area (Å²) in [5.74, 6) is -0.631. The average Bonchev–Trinajstić information content (AvgIpc) is 3.61. The molecular weight excluding hydrogens is 567 g/mol. The number of aliphatic imine (C=N–C) groups is 1. The zero-order chi connectivity index (χ0) is 30.6. The normalized spacial score (nSPS) is 18.3. The number of carbonyl (C=O) groups excluding carboxylic acids is 2. The van der Waals surface area contributed by atoms with Crippen molar-refractivity contribution in [3.8, 4) is 0 Å². The van der Waals surface area contributed by atoms with Crippen LogP contribution in [0.2, 0.25) is 0 Å². The van der Waals surface area contributed by atoms with E-state index in [9.17, 15) is 9.59 Å². The van der Waals surface area contributed by atoms with E-state index < -0.39 is 17.5 Å². The number of thiazole rings is 1. The second-order valence-electron chi connectivity index (χ2n) is 12.3. The second kappa shape index (κ2) is 13.4. The summed E-state index contributed by atoms with van der Waals surface area (Å²) in [6, 6.07) is 9.87. The first-order chi connectivity index (χ1) is 20.6. The third kappa shape index (κ3) is 7.88. The summed E-state index contributed by atoms with van der Waals surface area (Å²) in [5, 5.41) is 3.39. The Labute approximate surface area is 256 Å². The summed E-state index contributed by atoms with van der Waals surface area (Å²) < 4.78 is 21.6. The average molecular weight is 609 g/mol. The lowest BCUT2D eigenvalue weighted by molar-refractivity contribution is 0.0224. The first-order valence-corrected chi connectivity index (χ1v) is 15.9. The van der Waals surface area contributed by atoms with Crippen LogP contribution in [-0.4, -0.2) is 70.9 Å². The van der Waals surface area contributed by atoms with E-state index in [4.69, 9.17) is 10.5 Å². The fraction of sp³-hybridized carbons (Fsp3) is 0.500. The van der Waals surface area contributed by atoms with Crippen molar-refractivity contribution in [2.45, 2.75) is 70.9 Å². The number of rotatable bonds is 8. The Morgan fingerprint density at radius 3 is 2.65 bits per heavy atom. The van der Waals surface area contributed by atoms with Gasteiger partial charge in [0.1, 0.15) is 17.3 Å². The molecule has 43 heavy (non-hydrogen) atoms. The number of nitrogens with zero attached hydrogens (tertiary/aromatic N) is 4. The predicted octanol–water partition coefficient (Wildman–Crippen LogP) is 6.15. The summed E-state index contributed by atoms with van der Waals surface area (Å²) in [6.45, 7) is 9.98. The Kier molecular flexibility index (Phi) is 9.61. The van der Waals surface area contributed by atoms with Gasteiger partial charge in [0.05, 0.1) is 21.8 Å². The number of ether oxygens (including phenoxy) is 1. The molecule has 2 aromatic carbocycles. The Bertz CT molecular complexity index is 1490. The molecule has 0 radical (unpaired) electrons. The van der Waals surface area contributed by atoms with E-state index in [0.717, 1.165) is 43.6 Å². The number of aromatic nitrogens is 1. The fourth-order valence-electron chi connectivity index (χ4n) is 5.65. The van der Waals surface area contributed by atoms with Gasteiger partial charge < -0.3 is 25.6 Å². The molecule has 2 fully saturated rings. The number of benzene rings is 2. The molecule has 3 heterocycles. The number of nitrogens with one attached hydrogen (secondary N) is 1. The maximum Gasteiger partial charge on any atom is 0.410 e. The van der Waals surface area contributed by atoms with Crippen molar-refractivity contribution >= 4 is 44.5 Å². The van der Waals surface area contributed by atoms with Gasteiger partial charge in [0, 0.05) is 18.7 Å². The van der Waals surface area contributed by atoms with Gasteiger partial charge in [0.15, 0.2) is 0 Å². The van der Waals surface area contributed by atoms with Gasteiger partial charge >= 0.3 is 6.09 Å². The molecule has 11 heteroatoms. The van der Waals surface area contributed by atoms with Crippen LogP contribution in [0, 0.1) is 5.82 Å². The molecule has 9 nitrogen and oxygen atoms in total. The van der Waals surface area contributed by atoms with Crippen molar-refractivity contribution in [3.05, 3.63) is 58.9 Å². The van der Waals surface area contributed by atoms with Gasteiger partial charge in [0.25, 0.3) is 5.91 Å². The first-order valence-electron chi connectivity index (χ1n) is 15.1. The molecule has 0 spiro atoms. The van der Waals surface area contributed by atoms with E-state index >= 15 is 4.39 Å². The number of carbonyl (C=O) groups is 2. The number of amides is 2. The Morgan fingerprint density at radius 1 is 1.12 bits per heavy atom. The molecule has 2 saturated heterocycles. The van der Waals surface area contributed by atoms with Gasteiger partial charge in [-0.1, -0.05) is 23.8 Å². The Balaban J connectivity index is 1.22. The van der Waals surface area contributed by atoms with Crippen LogP contribution in [-0.2, 0) is 4.74 Å². The van der Waals surface area contributed by atoms with E-state index in [-0.39, 0.29) is 23.3 Å². The summed E-state index contributed by atoms with van der Waals surface area (Å²) in [7, 11) is 0. The first kappa shape index (κ1) is 30.9. The third-order valence-corrected chi connectivity index (χ3v) is 8.69. The number of piperidine rings is 1. The summed E-state index contributed by atoms with van der Waals surface area (Å²) in [6.07, 6.45) is 5.91. The number of likely N-dealkylation sites (tertiary alicyclic amines) is 2. The number of fused-ring (bicyclic) bond motifs is 1. The quantitative estimate of drug-likeness (QED) is 0.180. The van der Waals surface area contributed by atoms with Gasteiger partial charge in [-0.3, -0.25) is 4.79 Å². The van der Waals surface area contributed by atoms with Gasteiger partial charge in [-0.25, -0.2) is 19.2 Å². The molecule has 0 bridgehead atoms. The molecule has 3 N–H and O–H groups in total. The fourth-order valence-corrected chi connectivity index (χ4v) is 6.54. The summed E-state index contributed by atoms with van der Waals surface area (Å²) in [4.78, 5) is 38.4. The lowest BCUT2D eigenvalue weighted by atomic mass is 10.0. The van der Waals surface area contributed by atoms with Gasteiger partial charge in [0.2, 0.25) is 5.13 Å². The van der Waals surface area contributed by atoms with Crippen LogP contribution >= 0.6 is 11.3 Å². The van der Waals surface area contributed by atoms with E-state index in [1.54, 1.807) is 35.2 Å². The molecule has 3 aromatic rings. The molecule has 2 aliphatic heterocycles. The highest BCUT2D eigenvalue weighted by atomic mass is 32.1. The summed E-state index contributed by atoms with van der Waals surface area (Å²) in [5.41, 5.74) is 7.72. The summed E-state index contributed by atoms with van der Waals surface area (Å²) >= 11 is 1.29. The number of hydrogen-bond acceptors (Lipinski definition) is 7. The molecule has 230 valence electrons. The van der Waals surface area contributed by atoms with Crippen LogP contribution < -0.4 is 11.1 Å². The van der Waals surface area contributed by atoms with Gasteiger partial charge in [-0.05, 0) is 108 Å². The maximum atomic E-state index is 15.3. The number of amidine groups is 1. The molecule has 1 atom stereocenters. The van der Waals surface area contributed by atoms with Gasteiger partial charge in [-0.15, -0.1) is 0 Å². The predicted molar refractivity (Wildman–Crippen MR) is 169 cm³/mol. The van der Waals surface area contributed by atoms with Crippen LogP contribution in [0.25, 0.3) is 10.2 Å². The minimum Gasteiger partial charge on any atom is -0.444 e. The van der Waals surface area contributed by atoms with E-state index in [1.165, 1.54) is 36.7 Å². The number of nitrogens with two attached hydrogens (primary N) is 1. The topological polar surface area (TPSA) is 113 Å². The van der Waals surface area contributed by atoms with Crippen molar-refractivity contribution in [2.24, 2.45) is 10.7 Å². The SMILES string of the molecule is CC(C)(C)OC(=O)N1CCC[C@H]1c1ccc(C(N)=Nc2nc3ccc(C(=O)NCCCN4CCCCC4)cc3s2)c(F)c1. The van der Waals surface area contributed by atoms with E-state index in [0.29, 0.717) is 34.9 Å². The molecule has 0 unspecified atom stereocenters. The van der Waals surface area contributed by atoms with Crippen LogP contribution in [0.4, 0.5) is 14.3 Å². The lowest BCUT2D eigenvalue weighted by Gasteiger charge is -2.29. The molecule has 1 aromatic heterocycles. The lowest BCUT2D eigenvalue weighted by Crippen LogP contribution is -2.36. The number of hydrogen-bond donors (Lipinski definition) is 2. The highest BCUT2D eigenvalue weighted by Gasteiger charge is 2.33. The smallest absolute Gasteiger partial charge is 0.410 e. The standard InChI is InChI=1S/C32H41FN6O3S/c1-32(2,3)42-31(41)39-18-7-9-26(39)21-10-12-23(24(33)19-21)28(34)37-30-36-25-13-11-22(20-27(25)43-30)29(40)35-14-8-17-38-15-5-4-6-16-38/h10-13,19-20,26H,4-9,14-18H2,1-3H3,(H,35,40)(H2,34,36,37)/t26-/m0/s1. The van der Waals surface area contributed by atoms with E-state index in [1.807, 2.05) is 20.8 Å². The highest BCUT2D eigenvalue weighted by molar-refractivity contribution is 7.22. The molecule has 5 rings (SSSR count). The Hall–Kier alpha value is -3.57. The maximum absolute atomic E-state index is 15.3. The van der Waals surface area contributed by atoms with Crippen LogP contribution in [0.15, 0.2) is 41.4 Å². The van der Waals surface area contributed by atoms with Crippen LogP contribution in [0.3, 0.4) is 0 Å². The van der Waals surface area contributed by atoms with Crippen molar-refractivity contribution in [1.82, 2.24) is 20.1 Å². The molecule has 2 amide bonds. The Morgan fingerprint density at radius 2 is 1.91 bits per heavy atom. The third-order valence-electron chi connectivity index (χ3n) is 7.78. The largest absolute Gasteiger partial charge is 0.444 e. The molecule has 2 aliphatic rings. The van der Waals surface area contributed by atoms with Crippen molar-refractivity contribution in [2.75, 3.05) is 32.7 Å². The van der Waals surface area contributed by atoms with Crippen molar-refractivity contribution in [3.63, 3.8) is 0 Å². The minimum absolute atomic E-state index is 0.00481. The van der Waals surface area contributed by atoms with Crippen molar-refractivity contribution < 1.29 is 18.7 Å². The zero-order valence-corrected chi connectivity index (χ0v) is 26.0. The minimum atomic E-state index is -0.606. The van der Waals surface area contributed by atoms with Crippen LogP contribution in [0.5, 0.6) is 0 Å². The zero-order valence-electron chi connectivity index (χ0n) is 25.2. The van der Waals surface area contributed by atoms with Gasteiger partial charge in [-0.2, -0.15) is 0 Å². The number of halogens is 1. The van der Waals surface area contributed by atoms with E-state index in [2.05, 4.69) is 20.2 Å². The highest BCUT2D eigenvalue weighted by Crippen LogP contribution is 2.34. The molecular formula is C32H41FN6O3S. The monoisotopic (exact) mass is 608 g/mol.